The van der Waals surface area contributed by atoms with Gasteiger partial charge >= 0.3 is 0 Å². The summed E-state index contributed by atoms with van der Waals surface area (Å²) in [6.45, 7) is 7.38. The number of fused-ring (bicyclic) bond motifs is 1. The number of aromatic nitrogens is 1. The molecule has 0 radical (unpaired) electrons. The highest BCUT2D eigenvalue weighted by Gasteiger charge is 2.29. The minimum Gasteiger partial charge on any atom is -0.302 e. The van der Waals surface area contributed by atoms with Crippen LogP contribution in [0.2, 0.25) is 0 Å². The Bertz CT molecular complexity index is 1150. The molecule has 0 saturated carbocycles. The zero-order chi connectivity index (χ0) is 22.1. The van der Waals surface area contributed by atoms with E-state index >= 15 is 0 Å². The van der Waals surface area contributed by atoms with Crippen LogP contribution in [0.5, 0.6) is 0 Å². The summed E-state index contributed by atoms with van der Waals surface area (Å²) >= 11 is 1.21. The quantitative estimate of drug-likeness (QED) is 0.579. The van der Waals surface area contributed by atoms with Crippen molar-refractivity contribution in [3.8, 4) is 0 Å². The number of benzene rings is 2. The molecule has 30 heavy (non-hydrogen) atoms. The average molecular weight is 450 g/mol. The molecular formula is C21H24FN3O3S2. The van der Waals surface area contributed by atoms with Gasteiger partial charge in [-0.1, -0.05) is 23.5 Å². The van der Waals surface area contributed by atoms with E-state index < -0.39 is 10.0 Å². The van der Waals surface area contributed by atoms with Gasteiger partial charge in [-0.05, 0) is 63.6 Å². The zero-order valence-electron chi connectivity index (χ0n) is 17.2. The van der Waals surface area contributed by atoms with Crippen molar-refractivity contribution in [3.63, 3.8) is 0 Å². The normalized spacial score (nSPS) is 12.3. The van der Waals surface area contributed by atoms with Crippen molar-refractivity contribution in [2.75, 3.05) is 5.32 Å². The number of thiazole rings is 1. The molecule has 160 valence electrons. The van der Waals surface area contributed by atoms with Crippen molar-refractivity contribution in [1.29, 1.82) is 0 Å². The van der Waals surface area contributed by atoms with Crippen LogP contribution in [0, 0.1) is 5.82 Å². The SMILES string of the molecule is CC(C)N(C(C)C)S(=O)(=O)c1ccc2nc(NC(=O)Cc3ccc(F)cc3)sc2c1. The Morgan fingerprint density at radius 3 is 2.33 bits per heavy atom. The van der Waals surface area contributed by atoms with Crippen LogP contribution in [-0.4, -0.2) is 35.7 Å². The molecule has 0 aliphatic rings. The van der Waals surface area contributed by atoms with Gasteiger partial charge < -0.3 is 5.32 Å². The van der Waals surface area contributed by atoms with Crippen molar-refractivity contribution >= 4 is 42.6 Å². The van der Waals surface area contributed by atoms with E-state index in [2.05, 4.69) is 10.3 Å². The van der Waals surface area contributed by atoms with Crippen molar-refractivity contribution in [2.24, 2.45) is 0 Å². The van der Waals surface area contributed by atoms with Crippen LogP contribution >= 0.6 is 11.3 Å². The van der Waals surface area contributed by atoms with Crippen LogP contribution in [0.15, 0.2) is 47.4 Å². The number of halogens is 1. The summed E-state index contributed by atoms with van der Waals surface area (Å²) in [5.41, 5.74) is 1.29. The maximum Gasteiger partial charge on any atom is 0.243 e. The van der Waals surface area contributed by atoms with Crippen molar-refractivity contribution in [3.05, 3.63) is 53.8 Å². The first-order valence-corrected chi connectivity index (χ1v) is 11.8. The van der Waals surface area contributed by atoms with Gasteiger partial charge in [-0.2, -0.15) is 4.31 Å². The van der Waals surface area contributed by atoms with Gasteiger partial charge in [0.2, 0.25) is 15.9 Å². The zero-order valence-corrected chi connectivity index (χ0v) is 18.8. The first-order valence-electron chi connectivity index (χ1n) is 9.56. The fourth-order valence-electron chi connectivity index (χ4n) is 3.34. The van der Waals surface area contributed by atoms with Gasteiger partial charge in [0, 0.05) is 12.1 Å². The molecule has 0 bridgehead atoms. The fraction of sp³-hybridized carbons (Fsp3) is 0.333. The Labute approximate surface area is 179 Å². The molecular weight excluding hydrogens is 425 g/mol. The highest BCUT2D eigenvalue weighted by atomic mass is 32.2. The number of amides is 1. The molecule has 1 aromatic heterocycles. The molecule has 1 heterocycles. The summed E-state index contributed by atoms with van der Waals surface area (Å²) in [7, 11) is -3.65. The molecule has 0 fully saturated rings. The molecule has 0 unspecified atom stereocenters. The highest BCUT2D eigenvalue weighted by molar-refractivity contribution is 7.89. The monoisotopic (exact) mass is 449 g/mol. The first kappa shape index (κ1) is 22.3. The maximum atomic E-state index is 13.1. The Hall–Kier alpha value is -2.36. The largest absolute Gasteiger partial charge is 0.302 e. The van der Waals surface area contributed by atoms with E-state index in [-0.39, 0.29) is 35.1 Å². The van der Waals surface area contributed by atoms with Crippen LogP contribution in [0.3, 0.4) is 0 Å². The van der Waals surface area contributed by atoms with Gasteiger partial charge in [0.1, 0.15) is 5.82 Å². The standard InChI is InChI=1S/C21H24FN3O3S2/c1-13(2)25(14(3)4)30(27,28)17-9-10-18-19(12-17)29-21(23-18)24-20(26)11-15-5-7-16(22)8-6-15/h5-10,12-14H,11H2,1-4H3,(H,23,24,26). The number of hydrogen-bond acceptors (Lipinski definition) is 5. The molecule has 0 spiro atoms. The van der Waals surface area contributed by atoms with E-state index in [4.69, 9.17) is 0 Å². The molecule has 0 aliphatic heterocycles. The number of nitrogens with one attached hydrogen (secondary N) is 1. The molecule has 3 aromatic rings. The third-order valence-electron chi connectivity index (χ3n) is 4.48. The number of sulfonamides is 1. The molecule has 0 atom stereocenters. The lowest BCUT2D eigenvalue weighted by Gasteiger charge is -2.29. The highest BCUT2D eigenvalue weighted by Crippen LogP contribution is 2.30. The molecule has 6 nitrogen and oxygen atoms in total. The second kappa shape index (κ2) is 8.79. The average Bonchev–Trinajstić information content (AvgIpc) is 3.03. The Kier molecular flexibility index (Phi) is 6.54. The van der Waals surface area contributed by atoms with Crippen LogP contribution in [0.1, 0.15) is 33.3 Å². The number of rotatable bonds is 7. The lowest BCUT2D eigenvalue weighted by molar-refractivity contribution is -0.115. The summed E-state index contributed by atoms with van der Waals surface area (Å²) < 4.78 is 41.3. The van der Waals surface area contributed by atoms with E-state index in [9.17, 15) is 17.6 Å². The molecule has 2 aromatic carbocycles. The van der Waals surface area contributed by atoms with Gasteiger partial charge in [-0.25, -0.2) is 17.8 Å². The second-order valence-corrected chi connectivity index (χ2v) is 10.4. The molecule has 3 rings (SSSR count). The minimum atomic E-state index is -3.65. The van der Waals surface area contributed by atoms with E-state index in [0.29, 0.717) is 20.9 Å². The van der Waals surface area contributed by atoms with Gasteiger partial charge in [-0.15, -0.1) is 0 Å². The summed E-state index contributed by atoms with van der Waals surface area (Å²) in [4.78, 5) is 16.8. The number of hydrogen-bond donors (Lipinski definition) is 1. The molecule has 0 saturated heterocycles. The second-order valence-electron chi connectivity index (χ2n) is 7.52. The summed E-state index contributed by atoms with van der Waals surface area (Å²) in [6.07, 6.45) is 0.0908. The van der Waals surface area contributed by atoms with E-state index in [0.717, 1.165) is 0 Å². The van der Waals surface area contributed by atoms with Crippen molar-refractivity contribution in [1.82, 2.24) is 9.29 Å². The predicted molar refractivity (Wildman–Crippen MR) is 118 cm³/mol. The molecule has 1 amide bonds. The van der Waals surface area contributed by atoms with Crippen molar-refractivity contribution < 1.29 is 17.6 Å². The van der Waals surface area contributed by atoms with Crippen LogP contribution in [-0.2, 0) is 21.2 Å². The summed E-state index contributed by atoms with van der Waals surface area (Å²) in [6, 6.07) is 10.2. The van der Waals surface area contributed by atoms with Gasteiger partial charge in [0.25, 0.3) is 0 Å². The number of carbonyl (C=O) groups excluding carboxylic acids is 1. The maximum absolute atomic E-state index is 13.1. The Balaban J connectivity index is 1.82. The predicted octanol–water partition coefficient (Wildman–Crippen LogP) is 4.42. The van der Waals surface area contributed by atoms with Crippen molar-refractivity contribution in [2.45, 2.75) is 51.1 Å². The van der Waals surface area contributed by atoms with Gasteiger partial charge in [-0.3, -0.25) is 4.79 Å². The van der Waals surface area contributed by atoms with Crippen LogP contribution in [0.4, 0.5) is 9.52 Å². The molecule has 9 heteroatoms. The smallest absolute Gasteiger partial charge is 0.243 e. The lowest BCUT2D eigenvalue weighted by atomic mass is 10.1. The van der Waals surface area contributed by atoms with Gasteiger partial charge in [0.05, 0.1) is 21.5 Å². The third-order valence-corrected chi connectivity index (χ3v) is 7.66. The van der Waals surface area contributed by atoms with E-state index in [1.54, 1.807) is 30.3 Å². The summed E-state index contributed by atoms with van der Waals surface area (Å²) in [5, 5.41) is 3.11. The first-order chi connectivity index (χ1) is 14.1. The van der Waals surface area contributed by atoms with Crippen LogP contribution in [0.25, 0.3) is 10.2 Å². The molecule has 1 N–H and O–H groups in total. The minimum absolute atomic E-state index is 0.0908. The Morgan fingerprint density at radius 2 is 1.73 bits per heavy atom. The fourth-order valence-corrected chi connectivity index (χ4v) is 6.20. The topological polar surface area (TPSA) is 79.4 Å². The van der Waals surface area contributed by atoms with Gasteiger partial charge in [0.15, 0.2) is 5.13 Å². The number of carbonyl (C=O) groups is 1. The van der Waals surface area contributed by atoms with E-state index in [1.807, 2.05) is 27.7 Å². The van der Waals surface area contributed by atoms with E-state index in [1.165, 1.54) is 27.8 Å². The number of nitrogens with zero attached hydrogens (tertiary/aromatic N) is 2. The van der Waals surface area contributed by atoms with Crippen LogP contribution < -0.4 is 5.32 Å². The molecule has 0 aliphatic carbocycles. The number of anilines is 1. The lowest BCUT2D eigenvalue weighted by Crippen LogP contribution is -2.41. The third kappa shape index (κ3) is 4.85. The summed E-state index contributed by atoms with van der Waals surface area (Å²) in [5.74, 6) is -0.635. The Morgan fingerprint density at radius 1 is 1.10 bits per heavy atom.